The van der Waals surface area contributed by atoms with Crippen LogP contribution in [-0.4, -0.2) is 34.8 Å². The first-order valence-corrected chi connectivity index (χ1v) is 12.1. The van der Waals surface area contributed by atoms with E-state index in [4.69, 9.17) is 18.0 Å². The number of likely N-dealkylation sites (tertiary alicyclic amines) is 1. The second kappa shape index (κ2) is 11.2. The molecule has 0 aromatic heterocycles. The third-order valence-corrected chi connectivity index (χ3v) is 6.90. The monoisotopic (exact) mass is 539 g/mol. The fourth-order valence-electron chi connectivity index (χ4n) is 4.61. The molecule has 0 N–H and O–H groups in total. The smallest absolute Gasteiger partial charge is 0.363 e. The summed E-state index contributed by atoms with van der Waals surface area (Å²) in [5.41, 5.74) is 0.631. The molecule has 0 spiro atoms. The molecule has 9 heteroatoms. The molecular weight excluding hydrogens is 518 g/mol. The molecule has 0 saturated carbocycles. The normalized spacial score (nSPS) is 17.5. The third kappa shape index (κ3) is 5.93. The maximum atomic E-state index is 13.8. The number of halogens is 5. The Morgan fingerprint density at radius 3 is 2.71 bits per heavy atom. The van der Waals surface area contributed by atoms with Gasteiger partial charge in [-0.25, -0.2) is 4.39 Å². The minimum atomic E-state index is -4.75. The van der Waals surface area contributed by atoms with Crippen LogP contribution < -0.4 is 0 Å². The largest absolute Gasteiger partial charge is 0.416 e. The van der Waals surface area contributed by atoms with E-state index in [2.05, 4.69) is 5.92 Å². The summed E-state index contributed by atoms with van der Waals surface area (Å²) in [4.78, 5) is 16.6. The van der Waals surface area contributed by atoms with Gasteiger partial charge in [0.25, 0.3) is 5.91 Å². The predicted molar refractivity (Wildman–Crippen MR) is 136 cm³/mol. The van der Waals surface area contributed by atoms with Gasteiger partial charge in [0, 0.05) is 54.0 Å². The van der Waals surface area contributed by atoms with Crippen LogP contribution in [0.25, 0.3) is 0 Å². The van der Waals surface area contributed by atoms with Crippen LogP contribution >= 0.6 is 11.6 Å². The maximum absolute atomic E-state index is 13.8. The molecule has 2 aliphatic rings. The van der Waals surface area contributed by atoms with Crippen LogP contribution in [0, 0.1) is 29.5 Å². The summed E-state index contributed by atoms with van der Waals surface area (Å²) in [5.74, 6) is 1.28. The Bertz CT molecular complexity index is 1430. The average molecular weight is 540 g/mol. The number of amides is 1. The number of nitrogens with zero attached hydrogens (tertiary/aromatic N) is 3. The summed E-state index contributed by atoms with van der Waals surface area (Å²) in [6.45, 7) is 0.443. The van der Waals surface area contributed by atoms with Crippen molar-refractivity contribution in [3.63, 3.8) is 0 Å². The fourth-order valence-corrected chi connectivity index (χ4v) is 4.80. The zero-order chi connectivity index (χ0) is 27.4. The fraction of sp³-hybridized carbons (Fsp3) is 0.241. The number of benzene rings is 2. The van der Waals surface area contributed by atoms with Gasteiger partial charge in [-0.2, -0.15) is 18.4 Å². The summed E-state index contributed by atoms with van der Waals surface area (Å²) in [6.07, 6.45) is 6.29. The Kier molecular flexibility index (Phi) is 7.94. The number of allylic oxidation sites excluding steroid dienone is 5. The molecule has 0 bridgehead atoms. The Labute approximate surface area is 223 Å². The number of alkyl halides is 3. The highest BCUT2D eigenvalue weighted by Crippen LogP contribution is 2.35. The minimum Gasteiger partial charge on any atom is -0.363 e. The minimum absolute atomic E-state index is 0.108. The number of hydrogen-bond donors (Lipinski definition) is 0. The van der Waals surface area contributed by atoms with E-state index < -0.39 is 17.6 Å². The quantitative estimate of drug-likeness (QED) is 0.326. The van der Waals surface area contributed by atoms with Crippen LogP contribution in [0.2, 0.25) is 0 Å². The van der Waals surface area contributed by atoms with E-state index in [1.165, 1.54) is 6.08 Å². The van der Waals surface area contributed by atoms with Crippen molar-refractivity contribution in [3.8, 4) is 18.4 Å². The van der Waals surface area contributed by atoms with Crippen LogP contribution in [0.1, 0.15) is 39.9 Å². The van der Waals surface area contributed by atoms with E-state index >= 15 is 0 Å². The number of carbonyl (C=O) groups excluding carboxylic acids is 1. The van der Waals surface area contributed by atoms with Crippen LogP contribution in [0.3, 0.4) is 0 Å². The molecule has 194 valence electrons. The van der Waals surface area contributed by atoms with Gasteiger partial charge in [0.2, 0.25) is 0 Å². The Morgan fingerprint density at radius 1 is 1.21 bits per heavy atom. The van der Waals surface area contributed by atoms with Crippen LogP contribution in [0.5, 0.6) is 0 Å². The zero-order valence-corrected chi connectivity index (χ0v) is 20.9. The summed E-state index contributed by atoms with van der Waals surface area (Å²) in [6, 6.07) is 11.0. The second-order valence-electron chi connectivity index (χ2n) is 8.94. The Hall–Kier alpha value is -4.01. The van der Waals surface area contributed by atoms with Crippen molar-refractivity contribution in [3.05, 3.63) is 105 Å². The molecule has 2 aromatic carbocycles. The molecule has 2 aromatic rings. The van der Waals surface area contributed by atoms with Gasteiger partial charge in [0.05, 0.1) is 11.1 Å². The lowest BCUT2D eigenvalue weighted by atomic mass is 10.0. The van der Waals surface area contributed by atoms with E-state index in [9.17, 15) is 27.6 Å². The Balaban J connectivity index is 1.67. The summed E-state index contributed by atoms with van der Waals surface area (Å²) >= 11 is 6.22. The number of terminal acetylenes is 1. The van der Waals surface area contributed by atoms with Crippen molar-refractivity contribution in [1.29, 1.82) is 5.26 Å². The summed E-state index contributed by atoms with van der Waals surface area (Å²) in [5, 5.41) is 9.67. The molecule has 38 heavy (non-hydrogen) atoms. The zero-order valence-electron chi connectivity index (χ0n) is 20.1. The lowest BCUT2D eigenvalue weighted by molar-refractivity contribution is -0.138. The number of rotatable bonds is 5. The second-order valence-corrected chi connectivity index (χ2v) is 9.40. The predicted octanol–water partition coefficient (Wildman–Crippen LogP) is 6.40. The molecule has 4 rings (SSSR count). The molecule has 1 fully saturated rings. The lowest BCUT2D eigenvalue weighted by Crippen LogP contribution is -2.38. The van der Waals surface area contributed by atoms with Gasteiger partial charge in [-0.05, 0) is 54.5 Å². The highest BCUT2D eigenvalue weighted by Gasteiger charge is 2.36. The summed E-state index contributed by atoms with van der Waals surface area (Å²) < 4.78 is 55.1. The highest BCUT2D eigenvalue weighted by molar-refractivity contribution is 6.30. The van der Waals surface area contributed by atoms with Crippen LogP contribution in [-0.2, 0) is 12.7 Å². The van der Waals surface area contributed by atoms with Gasteiger partial charge in [-0.1, -0.05) is 35.7 Å². The van der Waals surface area contributed by atoms with Gasteiger partial charge < -0.3 is 9.80 Å². The van der Waals surface area contributed by atoms with Gasteiger partial charge in [0.1, 0.15) is 11.9 Å². The molecule has 1 aliphatic heterocycles. The van der Waals surface area contributed by atoms with Gasteiger partial charge in [0.15, 0.2) is 0 Å². The van der Waals surface area contributed by atoms with E-state index in [0.717, 1.165) is 12.1 Å². The molecule has 1 saturated heterocycles. The topological polar surface area (TPSA) is 47.3 Å². The van der Waals surface area contributed by atoms with E-state index in [0.29, 0.717) is 40.9 Å². The van der Waals surface area contributed by atoms with Crippen molar-refractivity contribution >= 4 is 17.5 Å². The molecule has 4 nitrogen and oxygen atoms in total. The van der Waals surface area contributed by atoms with Gasteiger partial charge >= 0.3 is 6.18 Å². The SMILES string of the molecule is C#Cc1cccc(C(=O)N2CC[C@H](N(Cc3ccc(F)cc3C(F)(F)F)C3=CCC(Cl)=C(C#N)C=C3)C2)c1. The maximum Gasteiger partial charge on any atom is 0.416 e. The van der Waals surface area contributed by atoms with Crippen LogP contribution in [0.15, 0.2) is 77.0 Å². The molecule has 0 radical (unpaired) electrons. The first kappa shape index (κ1) is 27.0. The van der Waals surface area contributed by atoms with Crippen molar-refractivity contribution in [2.45, 2.75) is 31.6 Å². The van der Waals surface area contributed by atoms with E-state index in [1.807, 2.05) is 6.07 Å². The molecule has 1 amide bonds. The molecule has 1 aliphatic carbocycles. The van der Waals surface area contributed by atoms with E-state index in [1.54, 1.807) is 46.2 Å². The lowest BCUT2D eigenvalue weighted by Gasteiger charge is -2.33. The standard InChI is InChI=1S/C29H22ClF4N3O/c1-2-19-4-3-5-20(14-19)28(38)36-13-12-25(18-36)37(24-9-7-21(16-35)27(30)11-10-24)17-22-6-8-23(31)15-26(22)29(32,33)34/h1,3-10,14-15,25H,11-13,17-18H2/t25-/m0/s1. The Morgan fingerprint density at radius 2 is 2.00 bits per heavy atom. The molecule has 1 heterocycles. The summed E-state index contributed by atoms with van der Waals surface area (Å²) in [7, 11) is 0. The van der Waals surface area contributed by atoms with Crippen molar-refractivity contribution < 1.29 is 22.4 Å². The first-order valence-electron chi connectivity index (χ1n) is 11.8. The first-order chi connectivity index (χ1) is 18.1. The number of hydrogen-bond acceptors (Lipinski definition) is 3. The van der Waals surface area contributed by atoms with Crippen molar-refractivity contribution in [1.82, 2.24) is 9.80 Å². The van der Waals surface area contributed by atoms with Gasteiger partial charge in [-0.15, -0.1) is 6.42 Å². The van der Waals surface area contributed by atoms with Crippen molar-refractivity contribution in [2.75, 3.05) is 13.1 Å². The molecule has 1 atom stereocenters. The van der Waals surface area contributed by atoms with Crippen LogP contribution in [0.4, 0.5) is 17.6 Å². The van der Waals surface area contributed by atoms with E-state index in [-0.39, 0.29) is 42.6 Å². The third-order valence-electron chi connectivity index (χ3n) is 6.54. The number of carbonyl (C=O) groups is 1. The molecule has 0 unspecified atom stereocenters. The molecular formula is C29H22ClF4N3O. The highest BCUT2D eigenvalue weighted by atomic mass is 35.5. The van der Waals surface area contributed by atoms with Gasteiger partial charge in [-0.3, -0.25) is 4.79 Å². The van der Waals surface area contributed by atoms with Crippen molar-refractivity contribution in [2.24, 2.45) is 0 Å². The number of nitriles is 1. The average Bonchev–Trinajstić information content (AvgIpc) is 3.31.